The molecule has 0 aliphatic carbocycles. The number of nitrogens with one attached hydrogen (secondary N) is 1. The lowest BCUT2D eigenvalue weighted by Gasteiger charge is -2.31. The quantitative estimate of drug-likeness (QED) is 0.856. The molecule has 0 atom stereocenters. The number of amides is 2. The molecule has 152 valence electrons. The van der Waals surface area contributed by atoms with Crippen LogP contribution in [0.4, 0.5) is 16.4 Å². The molecule has 29 heavy (non-hydrogen) atoms. The number of aromatic nitrogens is 2. The molecule has 4 rings (SSSR count). The second kappa shape index (κ2) is 8.46. The van der Waals surface area contributed by atoms with Gasteiger partial charge in [-0.1, -0.05) is 18.2 Å². The number of hydrogen-bond donors (Lipinski definition) is 1. The van der Waals surface area contributed by atoms with Gasteiger partial charge in [0, 0.05) is 43.8 Å². The first-order valence-corrected chi connectivity index (χ1v) is 10.1. The van der Waals surface area contributed by atoms with Crippen LogP contribution in [0.3, 0.4) is 0 Å². The molecule has 1 fully saturated rings. The molecular weight excluding hydrogens is 370 g/mol. The van der Waals surface area contributed by atoms with Crippen molar-refractivity contribution >= 4 is 23.6 Å². The predicted octanol–water partition coefficient (Wildman–Crippen LogP) is 2.52. The summed E-state index contributed by atoms with van der Waals surface area (Å²) in [5.41, 5.74) is 2.85. The van der Waals surface area contributed by atoms with Crippen LogP contribution in [0, 0.1) is 0 Å². The third kappa shape index (κ3) is 4.16. The summed E-state index contributed by atoms with van der Waals surface area (Å²) in [6, 6.07) is 8.25. The van der Waals surface area contributed by atoms with Gasteiger partial charge < -0.3 is 19.9 Å². The number of fused-ring (bicyclic) bond motifs is 1. The van der Waals surface area contributed by atoms with Crippen LogP contribution in [-0.2, 0) is 11.2 Å². The van der Waals surface area contributed by atoms with Gasteiger partial charge in [-0.15, -0.1) is 0 Å². The first-order chi connectivity index (χ1) is 14.2. The SMILES string of the molecule is CCOC(=O)N1CCC(NC(=O)c2cnc(N3CCc4ccccc43)nc2)CC1. The van der Waals surface area contributed by atoms with Crippen LogP contribution in [0.2, 0.25) is 0 Å². The van der Waals surface area contributed by atoms with Gasteiger partial charge in [0.25, 0.3) is 5.91 Å². The van der Waals surface area contributed by atoms with Crippen LogP contribution in [0.1, 0.15) is 35.7 Å². The fraction of sp³-hybridized carbons (Fsp3) is 0.429. The molecule has 1 aromatic carbocycles. The van der Waals surface area contributed by atoms with E-state index in [0.29, 0.717) is 44.0 Å². The third-order valence-electron chi connectivity index (χ3n) is 5.39. The van der Waals surface area contributed by atoms with Gasteiger partial charge in [0.1, 0.15) is 0 Å². The van der Waals surface area contributed by atoms with Crippen molar-refractivity contribution in [3.05, 3.63) is 47.8 Å². The topological polar surface area (TPSA) is 87.7 Å². The Labute approximate surface area is 169 Å². The average molecular weight is 395 g/mol. The number of para-hydroxylation sites is 1. The Hall–Kier alpha value is -3.16. The number of carbonyl (C=O) groups is 2. The molecule has 2 aliphatic heterocycles. The van der Waals surface area contributed by atoms with Crippen molar-refractivity contribution in [2.24, 2.45) is 0 Å². The van der Waals surface area contributed by atoms with Crippen molar-refractivity contribution < 1.29 is 14.3 Å². The maximum Gasteiger partial charge on any atom is 0.409 e. The second-order valence-corrected chi connectivity index (χ2v) is 7.24. The van der Waals surface area contributed by atoms with Crippen LogP contribution in [0.25, 0.3) is 0 Å². The van der Waals surface area contributed by atoms with Crippen LogP contribution >= 0.6 is 0 Å². The number of piperidine rings is 1. The second-order valence-electron chi connectivity index (χ2n) is 7.24. The van der Waals surface area contributed by atoms with E-state index >= 15 is 0 Å². The number of benzene rings is 1. The van der Waals surface area contributed by atoms with E-state index < -0.39 is 0 Å². The van der Waals surface area contributed by atoms with E-state index in [1.165, 1.54) is 5.56 Å². The van der Waals surface area contributed by atoms with Gasteiger partial charge in [-0.25, -0.2) is 14.8 Å². The van der Waals surface area contributed by atoms with E-state index in [1.54, 1.807) is 24.2 Å². The van der Waals surface area contributed by atoms with Crippen molar-refractivity contribution in [3.63, 3.8) is 0 Å². The lowest BCUT2D eigenvalue weighted by molar-refractivity contribution is 0.0859. The summed E-state index contributed by atoms with van der Waals surface area (Å²) in [7, 11) is 0. The van der Waals surface area contributed by atoms with Gasteiger partial charge in [-0.05, 0) is 37.8 Å². The van der Waals surface area contributed by atoms with Crippen LogP contribution < -0.4 is 10.2 Å². The standard InChI is InChI=1S/C21H25N5O3/c1-2-29-21(28)25-10-8-17(9-11-25)24-19(27)16-13-22-20(23-14-16)26-12-7-15-5-3-4-6-18(15)26/h3-6,13-14,17H,2,7-12H2,1H3,(H,24,27). The zero-order valence-electron chi connectivity index (χ0n) is 16.5. The summed E-state index contributed by atoms with van der Waals surface area (Å²) in [6.07, 6.45) is 5.23. The number of likely N-dealkylation sites (tertiary alicyclic amines) is 1. The smallest absolute Gasteiger partial charge is 0.409 e. The monoisotopic (exact) mass is 395 g/mol. The highest BCUT2D eigenvalue weighted by Crippen LogP contribution is 2.31. The number of anilines is 2. The molecule has 8 heteroatoms. The minimum absolute atomic E-state index is 0.0262. The van der Waals surface area contributed by atoms with Crippen LogP contribution in [0.5, 0.6) is 0 Å². The van der Waals surface area contributed by atoms with Crippen LogP contribution in [0.15, 0.2) is 36.7 Å². The van der Waals surface area contributed by atoms with Crippen molar-refractivity contribution in [2.75, 3.05) is 31.1 Å². The maximum atomic E-state index is 12.6. The Morgan fingerprint density at radius 1 is 1.14 bits per heavy atom. The fourth-order valence-electron chi connectivity index (χ4n) is 3.81. The summed E-state index contributed by atoms with van der Waals surface area (Å²) in [4.78, 5) is 36.9. The van der Waals surface area contributed by atoms with E-state index in [2.05, 4.69) is 32.3 Å². The Balaban J connectivity index is 1.33. The average Bonchev–Trinajstić information content (AvgIpc) is 3.19. The zero-order chi connectivity index (χ0) is 20.2. The molecule has 2 amide bonds. The maximum absolute atomic E-state index is 12.6. The molecule has 0 radical (unpaired) electrons. The van der Waals surface area contributed by atoms with Gasteiger partial charge in [-0.3, -0.25) is 4.79 Å². The summed E-state index contributed by atoms with van der Waals surface area (Å²) >= 11 is 0. The van der Waals surface area contributed by atoms with Gasteiger partial charge >= 0.3 is 6.09 Å². The zero-order valence-corrected chi connectivity index (χ0v) is 16.5. The number of ether oxygens (including phenoxy) is 1. The molecule has 1 N–H and O–H groups in total. The third-order valence-corrected chi connectivity index (χ3v) is 5.39. The minimum Gasteiger partial charge on any atom is -0.450 e. The molecule has 1 aromatic heterocycles. The molecule has 0 spiro atoms. The molecule has 0 bridgehead atoms. The highest BCUT2D eigenvalue weighted by molar-refractivity contribution is 5.94. The number of nitrogens with zero attached hydrogens (tertiary/aromatic N) is 4. The Morgan fingerprint density at radius 2 is 1.86 bits per heavy atom. The lowest BCUT2D eigenvalue weighted by atomic mass is 10.1. The van der Waals surface area contributed by atoms with Gasteiger partial charge in [0.15, 0.2) is 0 Å². The van der Waals surface area contributed by atoms with Gasteiger partial charge in [0.2, 0.25) is 5.95 Å². The number of rotatable bonds is 4. The normalized spacial score (nSPS) is 16.4. The van der Waals surface area contributed by atoms with E-state index in [-0.39, 0.29) is 18.0 Å². The Bertz CT molecular complexity index is 878. The molecule has 1 saturated heterocycles. The molecule has 3 heterocycles. The summed E-state index contributed by atoms with van der Waals surface area (Å²) < 4.78 is 5.02. The lowest BCUT2D eigenvalue weighted by Crippen LogP contribution is -2.46. The summed E-state index contributed by atoms with van der Waals surface area (Å²) in [5.74, 6) is 0.419. The molecule has 8 nitrogen and oxygen atoms in total. The van der Waals surface area contributed by atoms with Crippen molar-refractivity contribution in [2.45, 2.75) is 32.2 Å². The summed E-state index contributed by atoms with van der Waals surface area (Å²) in [5, 5.41) is 3.02. The van der Waals surface area contributed by atoms with E-state index in [0.717, 1.165) is 18.7 Å². The Kier molecular flexibility index (Phi) is 5.59. The summed E-state index contributed by atoms with van der Waals surface area (Å²) in [6.45, 7) is 4.15. The van der Waals surface area contributed by atoms with Gasteiger partial charge in [0.05, 0.1) is 12.2 Å². The molecule has 2 aromatic rings. The molecule has 2 aliphatic rings. The first-order valence-electron chi connectivity index (χ1n) is 10.1. The van der Waals surface area contributed by atoms with Crippen molar-refractivity contribution in [1.29, 1.82) is 0 Å². The van der Waals surface area contributed by atoms with Crippen molar-refractivity contribution in [3.8, 4) is 0 Å². The molecule has 0 unspecified atom stereocenters. The van der Waals surface area contributed by atoms with E-state index in [1.807, 2.05) is 12.1 Å². The highest BCUT2D eigenvalue weighted by atomic mass is 16.6. The first kappa shape index (κ1) is 19.2. The Morgan fingerprint density at radius 3 is 2.59 bits per heavy atom. The largest absolute Gasteiger partial charge is 0.450 e. The minimum atomic E-state index is -0.287. The molecule has 0 saturated carbocycles. The fourth-order valence-corrected chi connectivity index (χ4v) is 3.81. The van der Waals surface area contributed by atoms with Crippen molar-refractivity contribution in [1.82, 2.24) is 20.2 Å². The predicted molar refractivity (Wildman–Crippen MR) is 108 cm³/mol. The van der Waals surface area contributed by atoms with E-state index in [4.69, 9.17) is 4.74 Å². The highest BCUT2D eigenvalue weighted by Gasteiger charge is 2.25. The van der Waals surface area contributed by atoms with Gasteiger partial charge in [-0.2, -0.15) is 0 Å². The molecular formula is C21H25N5O3. The van der Waals surface area contributed by atoms with Crippen LogP contribution in [-0.4, -0.2) is 59.2 Å². The number of hydrogen-bond acceptors (Lipinski definition) is 6. The number of carbonyl (C=O) groups excluding carboxylic acids is 2. The van der Waals surface area contributed by atoms with E-state index in [9.17, 15) is 9.59 Å².